The highest BCUT2D eigenvalue weighted by Gasteiger charge is 2.25. The van der Waals surface area contributed by atoms with Crippen LogP contribution in [0.2, 0.25) is 0 Å². The molecule has 0 heterocycles. The molecule has 0 saturated heterocycles. The van der Waals surface area contributed by atoms with E-state index in [-0.39, 0.29) is 23.4 Å². The van der Waals surface area contributed by atoms with Crippen LogP contribution >= 0.6 is 7.82 Å². The maximum absolute atomic E-state index is 12.0. The van der Waals surface area contributed by atoms with E-state index in [0.29, 0.717) is 5.56 Å². The van der Waals surface area contributed by atoms with Crippen molar-refractivity contribution < 1.29 is 33.3 Å². The number of aliphatic carboxylic acids is 1. The Hall–Kier alpha value is -2.78. The van der Waals surface area contributed by atoms with Gasteiger partial charge < -0.3 is 15.4 Å². The molecule has 0 bridgehead atoms. The summed E-state index contributed by atoms with van der Waals surface area (Å²) in [7, 11) is -4.53. The highest BCUT2D eigenvalue weighted by molar-refractivity contribution is 7.47. The number of hydrogen-bond donors (Lipinski definition) is 3. The van der Waals surface area contributed by atoms with Crippen molar-refractivity contribution >= 4 is 19.5 Å². The lowest BCUT2D eigenvalue weighted by Crippen LogP contribution is -2.32. The summed E-state index contributed by atoms with van der Waals surface area (Å²) >= 11 is 0. The molecule has 10 nitrogen and oxygen atoms in total. The third kappa shape index (κ3) is 6.15. The summed E-state index contributed by atoms with van der Waals surface area (Å²) in [5.74, 6) is -1.13. The zero-order chi connectivity index (χ0) is 20.0. The van der Waals surface area contributed by atoms with Crippen molar-refractivity contribution in [1.82, 2.24) is 0 Å². The fourth-order valence-electron chi connectivity index (χ4n) is 2.15. The molecule has 2 aromatic carbocycles. The molecule has 0 aliphatic carbocycles. The van der Waals surface area contributed by atoms with E-state index in [2.05, 4.69) is 0 Å². The molecule has 0 aromatic heterocycles. The summed E-state index contributed by atoms with van der Waals surface area (Å²) in [5, 5.41) is 19.7. The molecular weight excluding hydrogens is 379 g/mol. The maximum Gasteiger partial charge on any atom is 0.527 e. The van der Waals surface area contributed by atoms with Gasteiger partial charge in [0.25, 0.3) is 5.69 Å². The number of nitro benzene ring substituents is 1. The molecule has 4 N–H and O–H groups in total. The fraction of sp³-hybridized carbons (Fsp3) is 0.188. The Morgan fingerprint density at radius 3 is 2.44 bits per heavy atom. The van der Waals surface area contributed by atoms with Crippen LogP contribution in [0.4, 0.5) is 5.69 Å². The Balaban J connectivity index is 1.99. The van der Waals surface area contributed by atoms with E-state index in [1.165, 1.54) is 48.5 Å². The summed E-state index contributed by atoms with van der Waals surface area (Å²) in [6.07, 6.45) is 0.0839. The van der Waals surface area contributed by atoms with Gasteiger partial charge >= 0.3 is 13.8 Å². The normalized spacial score (nSPS) is 14.1. The van der Waals surface area contributed by atoms with E-state index >= 15 is 0 Å². The minimum absolute atomic E-state index is 0.0102. The molecule has 2 aromatic rings. The predicted molar refractivity (Wildman–Crippen MR) is 94.1 cm³/mol. The lowest BCUT2D eigenvalue weighted by molar-refractivity contribution is -0.385. The molecule has 2 atom stereocenters. The Labute approximate surface area is 153 Å². The maximum atomic E-state index is 12.0. The van der Waals surface area contributed by atoms with Crippen LogP contribution in [0.1, 0.15) is 11.1 Å². The van der Waals surface area contributed by atoms with Crippen LogP contribution in [0.25, 0.3) is 0 Å². The second kappa shape index (κ2) is 8.74. The van der Waals surface area contributed by atoms with Gasteiger partial charge in [0.15, 0.2) is 0 Å². The van der Waals surface area contributed by atoms with Crippen molar-refractivity contribution in [2.45, 2.75) is 19.1 Å². The lowest BCUT2D eigenvalue weighted by atomic mass is 10.1. The van der Waals surface area contributed by atoms with Crippen molar-refractivity contribution in [2.75, 3.05) is 0 Å². The molecule has 0 radical (unpaired) electrons. The Morgan fingerprint density at radius 1 is 1.22 bits per heavy atom. The molecule has 0 fully saturated rings. The number of nitro groups is 1. The van der Waals surface area contributed by atoms with E-state index in [1.54, 1.807) is 0 Å². The van der Waals surface area contributed by atoms with E-state index in [9.17, 15) is 24.4 Å². The zero-order valence-corrected chi connectivity index (χ0v) is 14.8. The molecule has 11 heteroatoms. The quantitative estimate of drug-likeness (QED) is 0.328. The van der Waals surface area contributed by atoms with E-state index in [1.807, 2.05) is 0 Å². The number of nitrogens with zero attached hydrogens (tertiary/aromatic N) is 1. The number of carboxylic acid groups (broad SMARTS) is 1. The van der Waals surface area contributed by atoms with Crippen LogP contribution in [0, 0.1) is 10.1 Å². The van der Waals surface area contributed by atoms with Crippen LogP contribution in [0.3, 0.4) is 0 Å². The van der Waals surface area contributed by atoms with Gasteiger partial charge in [0.05, 0.1) is 17.1 Å². The van der Waals surface area contributed by atoms with Crippen LogP contribution in [-0.4, -0.2) is 26.9 Å². The minimum atomic E-state index is -4.53. The van der Waals surface area contributed by atoms with Gasteiger partial charge in [-0.3, -0.25) is 24.3 Å². The smallest absolute Gasteiger partial charge is 0.480 e. The van der Waals surface area contributed by atoms with Gasteiger partial charge in [-0.25, -0.2) is 4.57 Å². The molecule has 1 unspecified atom stereocenters. The van der Waals surface area contributed by atoms with Crippen LogP contribution in [0.15, 0.2) is 48.5 Å². The number of benzene rings is 2. The van der Waals surface area contributed by atoms with Crippen molar-refractivity contribution in [2.24, 2.45) is 5.73 Å². The number of rotatable bonds is 9. The number of carboxylic acids is 1. The van der Waals surface area contributed by atoms with Crippen molar-refractivity contribution in [3.63, 3.8) is 0 Å². The molecule has 2 rings (SSSR count). The first-order chi connectivity index (χ1) is 12.7. The average Bonchev–Trinajstić information content (AvgIpc) is 2.61. The van der Waals surface area contributed by atoms with Gasteiger partial charge in [-0.1, -0.05) is 24.3 Å². The van der Waals surface area contributed by atoms with Crippen molar-refractivity contribution in [3.8, 4) is 5.75 Å². The molecule has 27 heavy (non-hydrogen) atoms. The lowest BCUT2D eigenvalue weighted by Gasteiger charge is -2.14. The molecule has 144 valence electrons. The van der Waals surface area contributed by atoms with Crippen molar-refractivity contribution in [3.05, 3.63) is 69.8 Å². The summed E-state index contributed by atoms with van der Waals surface area (Å²) < 4.78 is 21.8. The molecule has 0 saturated carbocycles. The zero-order valence-electron chi connectivity index (χ0n) is 13.9. The molecule has 0 aliphatic rings. The summed E-state index contributed by atoms with van der Waals surface area (Å²) in [5.41, 5.74) is 5.92. The summed E-state index contributed by atoms with van der Waals surface area (Å²) in [4.78, 5) is 30.8. The third-order valence-corrected chi connectivity index (χ3v) is 4.39. The van der Waals surface area contributed by atoms with Crippen LogP contribution in [0.5, 0.6) is 5.75 Å². The Morgan fingerprint density at radius 2 is 1.85 bits per heavy atom. The van der Waals surface area contributed by atoms with Gasteiger partial charge in [-0.2, -0.15) is 0 Å². The fourth-order valence-corrected chi connectivity index (χ4v) is 2.89. The predicted octanol–water partition coefficient (Wildman–Crippen LogP) is 2.25. The number of phosphoric acid groups is 1. The van der Waals surface area contributed by atoms with Gasteiger partial charge in [-0.05, 0) is 30.2 Å². The largest absolute Gasteiger partial charge is 0.527 e. The standard InChI is InChI=1S/C16H17N2O8P/c17-14(16(19)20)9-11-5-7-13(8-6-11)26-27(23,24)25-10-12-3-1-2-4-15(12)18(21)22/h1-8,14H,9-10,17H2,(H,19,20)(H,23,24)/t14-/m0/s1. The van der Waals surface area contributed by atoms with Gasteiger partial charge in [0, 0.05) is 6.07 Å². The minimum Gasteiger partial charge on any atom is -0.480 e. The van der Waals surface area contributed by atoms with Gasteiger partial charge in [-0.15, -0.1) is 0 Å². The molecule has 0 spiro atoms. The van der Waals surface area contributed by atoms with Crippen LogP contribution < -0.4 is 10.3 Å². The highest BCUT2D eigenvalue weighted by atomic mass is 31.2. The first-order valence-electron chi connectivity index (χ1n) is 7.64. The SMILES string of the molecule is N[C@@H](Cc1ccc(OP(=O)(O)OCc2ccccc2[N+](=O)[O-])cc1)C(=O)O. The van der Waals surface area contributed by atoms with Gasteiger partial charge in [0.2, 0.25) is 0 Å². The molecule has 0 amide bonds. The Bertz CT molecular complexity index is 871. The van der Waals surface area contributed by atoms with Crippen LogP contribution in [-0.2, 0) is 26.9 Å². The van der Waals surface area contributed by atoms with Crippen molar-refractivity contribution in [1.29, 1.82) is 0 Å². The third-order valence-electron chi connectivity index (χ3n) is 3.49. The monoisotopic (exact) mass is 396 g/mol. The number of carbonyl (C=O) groups is 1. The summed E-state index contributed by atoms with van der Waals surface area (Å²) in [6, 6.07) is 10.3. The second-order valence-electron chi connectivity index (χ2n) is 5.51. The number of para-hydroxylation sites is 1. The first-order valence-corrected chi connectivity index (χ1v) is 9.14. The van der Waals surface area contributed by atoms with E-state index in [4.69, 9.17) is 19.9 Å². The number of hydrogen-bond acceptors (Lipinski definition) is 7. The molecule has 0 aliphatic heterocycles. The number of nitrogens with two attached hydrogens (primary N) is 1. The Kier molecular flexibility index (Phi) is 6.65. The van der Waals surface area contributed by atoms with E-state index in [0.717, 1.165) is 0 Å². The van der Waals surface area contributed by atoms with E-state index < -0.39 is 31.4 Å². The first kappa shape index (κ1) is 20.5. The molecular formula is C16H17N2O8P. The number of phosphoric ester groups is 1. The summed E-state index contributed by atoms with van der Waals surface area (Å²) in [6.45, 7) is -0.490. The topological polar surface area (TPSA) is 162 Å². The highest BCUT2D eigenvalue weighted by Crippen LogP contribution is 2.45. The second-order valence-corrected chi connectivity index (χ2v) is 6.89. The average molecular weight is 396 g/mol. The van der Waals surface area contributed by atoms with Gasteiger partial charge in [0.1, 0.15) is 11.8 Å².